The van der Waals surface area contributed by atoms with Crippen molar-refractivity contribution >= 4 is 17.6 Å². The molecular formula is C33H33N5O6. The molecule has 0 aliphatic carbocycles. The predicted molar refractivity (Wildman–Crippen MR) is 163 cm³/mol. The molecule has 11 nitrogen and oxygen atoms in total. The zero-order chi connectivity index (χ0) is 30.5. The van der Waals surface area contributed by atoms with Gasteiger partial charge in [0.05, 0.1) is 19.9 Å². The first-order valence-corrected chi connectivity index (χ1v) is 14.3. The minimum Gasteiger partial charge on any atom is -0.497 e. The van der Waals surface area contributed by atoms with E-state index in [2.05, 4.69) is 15.1 Å². The van der Waals surface area contributed by atoms with Gasteiger partial charge in [-0.05, 0) is 66.2 Å². The van der Waals surface area contributed by atoms with Gasteiger partial charge >= 0.3 is 0 Å². The first-order chi connectivity index (χ1) is 21.5. The number of hydrogen-bond donors (Lipinski definition) is 0. The van der Waals surface area contributed by atoms with Gasteiger partial charge in [0, 0.05) is 43.9 Å². The van der Waals surface area contributed by atoms with Crippen LogP contribution in [-0.4, -0.2) is 85.5 Å². The molecule has 0 N–H and O–H groups in total. The molecule has 0 saturated carbocycles. The van der Waals surface area contributed by atoms with Crippen LogP contribution in [0.3, 0.4) is 0 Å². The molecule has 0 bridgehead atoms. The Balaban J connectivity index is 1.11. The van der Waals surface area contributed by atoms with Crippen LogP contribution in [0, 0.1) is 0 Å². The lowest BCUT2D eigenvalue weighted by Gasteiger charge is -2.36. The van der Waals surface area contributed by atoms with Crippen LogP contribution in [0.25, 0.3) is 11.3 Å². The molecule has 0 radical (unpaired) electrons. The number of ether oxygens (including phenoxy) is 4. The molecular weight excluding hydrogens is 562 g/mol. The molecule has 4 aromatic rings. The number of carbonyl (C=O) groups is 2. The number of fused-ring (bicyclic) bond motifs is 1. The number of rotatable bonds is 9. The summed E-state index contributed by atoms with van der Waals surface area (Å²) in [5.74, 6) is 3.09. The largest absolute Gasteiger partial charge is 0.497 e. The van der Waals surface area contributed by atoms with Gasteiger partial charge in [-0.15, -0.1) is 10.2 Å². The number of anilines is 1. The van der Waals surface area contributed by atoms with E-state index in [4.69, 9.17) is 18.9 Å². The first kappa shape index (κ1) is 28.8. The van der Waals surface area contributed by atoms with Gasteiger partial charge in [0.15, 0.2) is 17.3 Å². The molecule has 0 unspecified atom stereocenters. The van der Waals surface area contributed by atoms with E-state index in [-0.39, 0.29) is 31.7 Å². The number of benzene rings is 3. The summed E-state index contributed by atoms with van der Waals surface area (Å²) in [7, 11) is 3.21. The van der Waals surface area contributed by atoms with Crippen molar-refractivity contribution in [1.29, 1.82) is 0 Å². The van der Waals surface area contributed by atoms with Crippen molar-refractivity contribution in [2.45, 2.75) is 6.54 Å². The van der Waals surface area contributed by atoms with Crippen molar-refractivity contribution < 1.29 is 28.5 Å². The summed E-state index contributed by atoms with van der Waals surface area (Å²) in [4.78, 5) is 32.6. The van der Waals surface area contributed by atoms with E-state index >= 15 is 0 Å². The lowest BCUT2D eigenvalue weighted by atomic mass is 10.1. The topological polar surface area (TPSA) is 107 Å². The van der Waals surface area contributed by atoms with Crippen molar-refractivity contribution in [1.82, 2.24) is 20.0 Å². The Labute approximate surface area is 255 Å². The van der Waals surface area contributed by atoms with E-state index in [0.29, 0.717) is 49.0 Å². The standard InChI is InChI=1S/C33H33N5O6/c1-41-26-9-7-24(8-10-26)33(40)38(20-23-6-12-29-30(18-23)44-22-43-29)21-32(39)37-16-14-36(15-17-37)31-13-11-28(34-35-31)25-4-3-5-27(19-25)42-2/h3-13,18-19H,14-17,20-22H2,1-2H3. The SMILES string of the molecule is COc1ccc(C(=O)N(CC(=O)N2CCN(c3ccc(-c4cccc(OC)c4)nn3)CC2)Cc2ccc3c(c2)OCO3)cc1. The Morgan fingerprint density at radius 1 is 0.818 bits per heavy atom. The van der Waals surface area contributed by atoms with E-state index in [1.165, 1.54) is 0 Å². The van der Waals surface area contributed by atoms with Crippen LogP contribution in [0.4, 0.5) is 5.82 Å². The molecule has 1 fully saturated rings. The van der Waals surface area contributed by atoms with Gasteiger partial charge in [0.1, 0.15) is 18.0 Å². The van der Waals surface area contributed by atoms with Crippen LogP contribution in [-0.2, 0) is 11.3 Å². The lowest BCUT2D eigenvalue weighted by Crippen LogP contribution is -2.52. The summed E-state index contributed by atoms with van der Waals surface area (Å²) in [5.41, 5.74) is 2.99. The van der Waals surface area contributed by atoms with E-state index in [9.17, 15) is 9.59 Å². The monoisotopic (exact) mass is 595 g/mol. The number of aromatic nitrogens is 2. The van der Waals surface area contributed by atoms with Crippen molar-refractivity contribution in [3.05, 3.63) is 90.0 Å². The number of piperazine rings is 1. The molecule has 3 heterocycles. The normalized spacial score (nSPS) is 13.9. The van der Waals surface area contributed by atoms with Gasteiger partial charge < -0.3 is 33.6 Å². The summed E-state index contributed by atoms with van der Waals surface area (Å²) in [5, 5.41) is 8.86. The fourth-order valence-electron chi connectivity index (χ4n) is 5.25. The molecule has 0 atom stereocenters. The molecule has 6 rings (SSSR count). The Kier molecular flexibility index (Phi) is 8.44. The molecule has 3 aromatic carbocycles. The van der Waals surface area contributed by atoms with Crippen LogP contribution >= 0.6 is 0 Å². The second kappa shape index (κ2) is 12.9. The number of methoxy groups -OCH3 is 2. The molecule has 1 saturated heterocycles. The van der Waals surface area contributed by atoms with Crippen molar-refractivity contribution in [3.63, 3.8) is 0 Å². The van der Waals surface area contributed by atoms with Gasteiger partial charge in [-0.25, -0.2) is 0 Å². The number of nitrogens with zero attached hydrogens (tertiary/aromatic N) is 5. The van der Waals surface area contributed by atoms with Crippen molar-refractivity contribution in [2.24, 2.45) is 0 Å². The van der Waals surface area contributed by atoms with E-state index in [0.717, 1.165) is 28.4 Å². The highest BCUT2D eigenvalue weighted by atomic mass is 16.7. The van der Waals surface area contributed by atoms with Gasteiger partial charge in [-0.2, -0.15) is 0 Å². The van der Waals surface area contributed by atoms with Crippen molar-refractivity contribution in [2.75, 3.05) is 58.6 Å². The third-order valence-corrected chi connectivity index (χ3v) is 7.73. The second-order valence-corrected chi connectivity index (χ2v) is 10.5. The van der Waals surface area contributed by atoms with Gasteiger partial charge in [-0.3, -0.25) is 9.59 Å². The Morgan fingerprint density at radius 3 is 2.32 bits per heavy atom. The summed E-state index contributed by atoms with van der Waals surface area (Å²) in [6, 6.07) is 24.0. The highest BCUT2D eigenvalue weighted by molar-refractivity contribution is 5.96. The Morgan fingerprint density at radius 2 is 1.59 bits per heavy atom. The molecule has 2 amide bonds. The smallest absolute Gasteiger partial charge is 0.254 e. The summed E-state index contributed by atoms with van der Waals surface area (Å²) in [6.45, 7) is 2.56. The number of hydrogen-bond acceptors (Lipinski definition) is 9. The zero-order valence-corrected chi connectivity index (χ0v) is 24.6. The molecule has 2 aliphatic rings. The van der Waals surface area contributed by atoms with Crippen LogP contribution in [0.15, 0.2) is 78.9 Å². The summed E-state index contributed by atoms with van der Waals surface area (Å²) in [6.07, 6.45) is 0. The van der Waals surface area contributed by atoms with Gasteiger partial charge in [0.2, 0.25) is 12.7 Å². The van der Waals surface area contributed by atoms with Crippen molar-refractivity contribution in [3.8, 4) is 34.3 Å². The van der Waals surface area contributed by atoms with Crippen LogP contribution < -0.4 is 23.8 Å². The van der Waals surface area contributed by atoms with Gasteiger partial charge in [-0.1, -0.05) is 18.2 Å². The Bertz CT molecular complexity index is 1620. The maximum atomic E-state index is 13.6. The minimum absolute atomic E-state index is 0.0612. The van der Waals surface area contributed by atoms with Crippen LogP contribution in [0.1, 0.15) is 15.9 Å². The fourth-order valence-corrected chi connectivity index (χ4v) is 5.25. The molecule has 44 heavy (non-hydrogen) atoms. The second-order valence-electron chi connectivity index (χ2n) is 10.5. The molecule has 11 heteroatoms. The first-order valence-electron chi connectivity index (χ1n) is 14.3. The molecule has 0 spiro atoms. The van der Waals surface area contributed by atoms with E-state index in [1.54, 1.807) is 48.3 Å². The maximum absolute atomic E-state index is 13.6. The molecule has 1 aromatic heterocycles. The predicted octanol–water partition coefficient (Wildman–Crippen LogP) is 3.88. The average Bonchev–Trinajstić information content (AvgIpc) is 3.56. The molecule has 226 valence electrons. The molecule has 2 aliphatic heterocycles. The van der Waals surface area contributed by atoms with E-state index < -0.39 is 0 Å². The average molecular weight is 596 g/mol. The lowest BCUT2D eigenvalue weighted by molar-refractivity contribution is -0.132. The quantitative estimate of drug-likeness (QED) is 0.285. The number of amides is 2. The third-order valence-electron chi connectivity index (χ3n) is 7.73. The Hall–Kier alpha value is -5.32. The van der Waals surface area contributed by atoms with Crippen LogP contribution in [0.2, 0.25) is 0 Å². The zero-order valence-electron chi connectivity index (χ0n) is 24.6. The fraction of sp³-hybridized carbons (Fsp3) is 0.273. The highest BCUT2D eigenvalue weighted by Crippen LogP contribution is 2.33. The third kappa shape index (κ3) is 6.36. The maximum Gasteiger partial charge on any atom is 0.254 e. The summed E-state index contributed by atoms with van der Waals surface area (Å²) >= 11 is 0. The van der Waals surface area contributed by atoms with E-state index in [1.807, 2.05) is 54.6 Å². The summed E-state index contributed by atoms with van der Waals surface area (Å²) < 4.78 is 21.5. The number of carbonyl (C=O) groups excluding carboxylic acids is 2. The van der Waals surface area contributed by atoms with Gasteiger partial charge in [0.25, 0.3) is 5.91 Å². The highest BCUT2D eigenvalue weighted by Gasteiger charge is 2.27. The van der Waals surface area contributed by atoms with Crippen LogP contribution in [0.5, 0.6) is 23.0 Å². The minimum atomic E-state index is -0.247.